The van der Waals surface area contributed by atoms with Gasteiger partial charge < -0.3 is 9.42 Å². The van der Waals surface area contributed by atoms with Gasteiger partial charge in [-0.1, -0.05) is 24.4 Å². The van der Waals surface area contributed by atoms with E-state index in [1.165, 1.54) is 19.3 Å². The number of anilines is 1. The van der Waals surface area contributed by atoms with Crippen LogP contribution in [0.15, 0.2) is 10.6 Å². The zero-order chi connectivity index (χ0) is 12.3. The maximum absolute atomic E-state index is 12.0. The molecule has 1 aromatic heterocycles. The summed E-state index contributed by atoms with van der Waals surface area (Å²) in [6.45, 7) is 1.80. The first-order chi connectivity index (χ1) is 8.16. The number of nitrogens with zero attached hydrogens (tertiary/aromatic N) is 2. The third-order valence-corrected chi connectivity index (χ3v) is 3.31. The van der Waals surface area contributed by atoms with Crippen molar-refractivity contribution >= 4 is 11.8 Å². The monoisotopic (exact) mass is 237 g/mol. The van der Waals surface area contributed by atoms with Crippen LogP contribution in [-0.4, -0.2) is 29.2 Å². The average molecular weight is 237 g/mol. The fourth-order valence-corrected chi connectivity index (χ4v) is 2.26. The van der Waals surface area contributed by atoms with Crippen LogP contribution >= 0.6 is 0 Å². The molecule has 94 valence electrons. The van der Waals surface area contributed by atoms with Gasteiger partial charge in [0.05, 0.1) is 0 Å². The summed E-state index contributed by atoms with van der Waals surface area (Å²) in [5, 5.41) is 6.49. The number of hydrogen-bond acceptors (Lipinski definition) is 3. The summed E-state index contributed by atoms with van der Waals surface area (Å²) in [4.78, 5) is 13.7. The zero-order valence-corrected chi connectivity index (χ0v) is 10.4. The van der Waals surface area contributed by atoms with E-state index in [2.05, 4.69) is 10.5 Å². The third kappa shape index (κ3) is 2.99. The second-order valence-corrected chi connectivity index (χ2v) is 4.66. The molecule has 0 unspecified atom stereocenters. The second-order valence-electron chi connectivity index (χ2n) is 4.66. The third-order valence-electron chi connectivity index (χ3n) is 3.31. The smallest absolute Gasteiger partial charge is 0.323 e. The van der Waals surface area contributed by atoms with Crippen LogP contribution in [0.25, 0.3) is 0 Å². The topological polar surface area (TPSA) is 58.4 Å². The Morgan fingerprint density at radius 2 is 2.18 bits per heavy atom. The van der Waals surface area contributed by atoms with Gasteiger partial charge in [0.2, 0.25) is 0 Å². The molecule has 2 rings (SSSR count). The lowest BCUT2D eigenvalue weighted by Gasteiger charge is -2.30. The van der Waals surface area contributed by atoms with Gasteiger partial charge in [0, 0.05) is 19.2 Å². The molecular formula is C12H19N3O2. The molecule has 1 fully saturated rings. The Morgan fingerprint density at radius 1 is 1.47 bits per heavy atom. The number of hydrogen-bond donors (Lipinski definition) is 1. The van der Waals surface area contributed by atoms with E-state index < -0.39 is 0 Å². The summed E-state index contributed by atoms with van der Waals surface area (Å²) in [6.07, 6.45) is 5.91. The van der Waals surface area contributed by atoms with E-state index >= 15 is 0 Å². The molecule has 1 aliphatic rings. The van der Waals surface area contributed by atoms with Crippen LogP contribution in [0.3, 0.4) is 0 Å². The minimum atomic E-state index is -0.106. The van der Waals surface area contributed by atoms with E-state index in [0.717, 1.165) is 12.8 Å². The molecule has 5 heteroatoms. The van der Waals surface area contributed by atoms with Gasteiger partial charge in [-0.15, -0.1) is 0 Å². The highest BCUT2D eigenvalue weighted by Crippen LogP contribution is 2.22. The molecule has 1 N–H and O–H groups in total. The first kappa shape index (κ1) is 12.0. The summed E-state index contributed by atoms with van der Waals surface area (Å²) in [5.74, 6) is 1.18. The van der Waals surface area contributed by atoms with Crippen molar-refractivity contribution in [2.45, 2.75) is 45.1 Å². The number of urea groups is 1. The lowest BCUT2D eigenvalue weighted by molar-refractivity contribution is 0.186. The average Bonchev–Trinajstić information content (AvgIpc) is 2.75. The van der Waals surface area contributed by atoms with E-state index in [9.17, 15) is 4.79 Å². The number of nitrogens with one attached hydrogen (secondary N) is 1. The van der Waals surface area contributed by atoms with Gasteiger partial charge in [0.15, 0.2) is 5.82 Å². The summed E-state index contributed by atoms with van der Waals surface area (Å²) >= 11 is 0. The molecule has 1 heterocycles. The fourth-order valence-electron chi connectivity index (χ4n) is 2.26. The molecule has 1 saturated carbocycles. The molecule has 17 heavy (non-hydrogen) atoms. The van der Waals surface area contributed by atoms with Gasteiger partial charge in [-0.25, -0.2) is 4.79 Å². The van der Waals surface area contributed by atoms with Gasteiger partial charge in [-0.05, 0) is 19.8 Å². The van der Waals surface area contributed by atoms with Crippen molar-refractivity contribution in [1.82, 2.24) is 10.1 Å². The number of aryl methyl sites for hydroxylation is 1. The molecule has 1 aromatic rings. The molecule has 0 saturated heterocycles. The Hall–Kier alpha value is -1.52. The number of carbonyl (C=O) groups is 1. The molecular weight excluding hydrogens is 218 g/mol. The van der Waals surface area contributed by atoms with Crippen LogP contribution in [0.5, 0.6) is 0 Å². The van der Waals surface area contributed by atoms with Crippen LogP contribution < -0.4 is 5.32 Å². The predicted octanol–water partition coefficient (Wildman–Crippen LogP) is 2.78. The summed E-state index contributed by atoms with van der Waals surface area (Å²) < 4.78 is 4.91. The van der Waals surface area contributed by atoms with Crippen molar-refractivity contribution < 1.29 is 9.32 Å². The zero-order valence-electron chi connectivity index (χ0n) is 10.4. The Morgan fingerprint density at radius 3 is 2.76 bits per heavy atom. The molecule has 0 bridgehead atoms. The van der Waals surface area contributed by atoms with Crippen LogP contribution in [0.2, 0.25) is 0 Å². The Labute approximate surface area is 101 Å². The van der Waals surface area contributed by atoms with Crippen LogP contribution in [0.4, 0.5) is 10.6 Å². The van der Waals surface area contributed by atoms with Crippen LogP contribution in [0, 0.1) is 6.92 Å². The summed E-state index contributed by atoms with van der Waals surface area (Å²) in [7, 11) is 1.85. The van der Waals surface area contributed by atoms with E-state index in [1.54, 1.807) is 17.9 Å². The maximum Gasteiger partial charge on any atom is 0.323 e. The highest BCUT2D eigenvalue weighted by atomic mass is 16.5. The predicted molar refractivity (Wildman–Crippen MR) is 64.9 cm³/mol. The Bertz CT molecular complexity index is 383. The SMILES string of the molecule is Cc1cc(NC(=O)N(C)C2CCCCC2)no1. The lowest BCUT2D eigenvalue weighted by atomic mass is 9.95. The van der Waals surface area contributed by atoms with Gasteiger partial charge in [-0.3, -0.25) is 5.32 Å². The largest absolute Gasteiger partial charge is 0.360 e. The van der Waals surface area contributed by atoms with E-state index in [0.29, 0.717) is 17.6 Å². The van der Waals surface area contributed by atoms with Crippen molar-refractivity contribution in [3.8, 4) is 0 Å². The maximum atomic E-state index is 12.0. The molecule has 5 nitrogen and oxygen atoms in total. The highest BCUT2D eigenvalue weighted by Gasteiger charge is 2.22. The second kappa shape index (κ2) is 5.21. The highest BCUT2D eigenvalue weighted by molar-refractivity contribution is 5.88. The van der Waals surface area contributed by atoms with Gasteiger partial charge in [-0.2, -0.15) is 0 Å². The van der Waals surface area contributed by atoms with E-state index in [1.807, 2.05) is 7.05 Å². The number of aromatic nitrogens is 1. The quantitative estimate of drug-likeness (QED) is 0.860. The number of rotatable bonds is 2. The summed E-state index contributed by atoms with van der Waals surface area (Å²) in [5.41, 5.74) is 0. The first-order valence-corrected chi connectivity index (χ1v) is 6.14. The van der Waals surface area contributed by atoms with Gasteiger partial charge in [0.1, 0.15) is 5.76 Å². The molecule has 1 aliphatic carbocycles. The first-order valence-electron chi connectivity index (χ1n) is 6.14. The van der Waals surface area contributed by atoms with Crippen molar-refractivity contribution in [1.29, 1.82) is 0 Å². The van der Waals surface area contributed by atoms with Crippen molar-refractivity contribution in [2.24, 2.45) is 0 Å². The fraction of sp³-hybridized carbons (Fsp3) is 0.667. The van der Waals surface area contributed by atoms with Gasteiger partial charge >= 0.3 is 6.03 Å². The normalized spacial score (nSPS) is 16.8. The van der Waals surface area contributed by atoms with E-state index in [4.69, 9.17) is 4.52 Å². The minimum Gasteiger partial charge on any atom is -0.360 e. The van der Waals surface area contributed by atoms with Crippen LogP contribution in [0.1, 0.15) is 37.9 Å². The molecule has 0 radical (unpaired) electrons. The Kier molecular flexibility index (Phi) is 3.66. The number of carbonyl (C=O) groups excluding carboxylic acids is 1. The molecule has 2 amide bonds. The summed E-state index contributed by atoms with van der Waals surface area (Å²) in [6, 6.07) is 1.97. The molecule has 0 aromatic carbocycles. The standard InChI is InChI=1S/C12H19N3O2/c1-9-8-11(14-17-9)13-12(16)15(2)10-6-4-3-5-7-10/h8,10H,3-7H2,1-2H3,(H,13,14,16). The number of amides is 2. The molecule has 0 spiro atoms. The Balaban J connectivity index is 1.90. The van der Waals surface area contributed by atoms with Crippen molar-refractivity contribution in [3.05, 3.63) is 11.8 Å². The van der Waals surface area contributed by atoms with E-state index in [-0.39, 0.29) is 6.03 Å². The van der Waals surface area contributed by atoms with Crippen LogP contribution in [-0.2, 0) is 0 Å². The molecule has 0 atom stereocenters. The molecule has 0 aliphatic heterocycles. The minimum absolute atomic E-state index is 0.106. The van der Waals surface area contributed by atoms with Crippen molar-refractivity contribution in [2.75, 3.05) is 12.4 Å². The van der Waals surface area contributed by atoms with Gasteiger partial charge in [0.25, 0.3) is 0 Å². The lowest BCUT2D eigenvalue weighted by Crippen LogP contribution is -2.40. The van der Waals surface area contributed by atoms with Crippen molar-refractivity contribution in [3.63, 3.8) is 0 Å².